The Bertz CT molecular complexity index is 1130. The predicted octanol–water partition coefficient (Wildman–Crippen LogP) is 3.81. The summed E-state index contributed by atoms with van der Waals surface area (Å²) in [5.41, 5.74) is 2.33. The van der Waals surface area contributed by atoms with Crippen molar-refractivity contribution in [2.45, 2.75) is 25.7 Å². The predicted molar refractivity (Wildman–Crippen MR) is 121 cm³/mol. The van der Waals surface area contributed by atoms with Gasteiger partial charge in [0, 0.05) is 35.2 Å². The Hall–Kier alpha value is -3.42. The minimum atomic E-state index is -0.573. The van der Waals surface area contributed by atoms with E-state index in [4.69, 9.17) is 11.6 Å². The zero-order valence-electron chi connectivity index (χ0n) is 16.9. The van der Waals surface area contributed by atoms with E-state index in [1.54, 1.807) is 22.9 Å². The third kappa shape index (κ3) is 5.02. The Morgan fingerprint density at radius 1 is 1.19 bits per heavy atom. The molecule has 8 heteroatoms. The second-order valence-electron chi connectivity index (χ2n) is 7.31. The maximum Gasteiger partial charge on any atom is 0.249 e. The fourth-order valence-corrected chi connectivity index (χ4v) is 3.57. The third-order valence-corrected chi connectivity index (χ3v) is 5.20. The van der Waals surface area contributed by atoms with Crippen molar-refractivity contribution in [3.63, 3.8) is 0 Å². The van der Waals surface area contributed by atoms with Crippen LogP contribution in [0, 0.1) is 0 Å². The van der Waals surface area contributed by atoms with E-state index in [-0.39, 0.29) is 17.9 Å². The minimum absolute atomic E-state index is 0.0215. The average Bonchev–Trinajstić information content (AvgIpc) is 3.17. The maximum absolute atomic E-state index is 12.6. The lowest BCUT2D eigenvalue weighted by atomic mass is 10.1. The zero-order chi connectivity index (χ0) is 21.8. The van der Waals surface area contributed by atoms with Crippen LogP contribution in [0.1, 0.15) is 25.2 Å². The highest BCUT2D eigenvalue weighted by Gasteiger charge is 2.27. The van der Waals surface area contributed by atoms with Crippen molar-refractivity contribution in [1.82, 2.24) is 20.4 Å². The molecule has 0 aliphatic carbocycles. The molecule has 0 saturated carbocycles. The molecule has 158 valence electrons. The molecular formula is C23H22ClN5O2. The fourth-order valence-electron chi connectivity index (χ4n) is 3.37. The summed E-state index contributed by atoms with van der Waals surface area (Å²) in [5.74, 6) is 0.0410. The van der Waals surface area contributed by atoms with Crippen LogP contribution in [0.3, 0.4) is 0 Å². The van der Waals surface area contributed by atoms with Gasteiger partial charge in [0.05, 0.1) is 5.69 Å². The van der Waals surface area contributed by atoms with Crippen molar-refractivity contribution in [3.8, 4) is 11.3 Å². The highest BCUT2D eigenvalue weighted by Crippen LogP contribution is 2.25. The molecule has 2 amide bonds. The van der Waals surface area contributed by atoms with Gasteiger partial charge in [-0.2, -0.15) is 5.10 Å². The molecule has 3 N–H and O–H groups in total. The quantitative estimate of drug-likeness (QED) is 0.532. The zero-order valence-corrected chi connectivity index (χ0v) is 17.6. The van der Waals surface area contributed by atoms with Gasteiger partial charge in [-0.1, -0.05) is 60.1 Å². The molecule has 0 bridgehead atoms. The van der Waals surface area contributed by atoms with Crippen LogP contribution in [-0.2, 0) is 9.59 Å². The Morgan fingerprint density at radius 3 is 2.68 bits per heavy atom. The van der Waals surface area contributed by atoms with Crippen LogP contribution in [0.25, 0.3) is 17.3 Å². The highest BCUT2D eigenvalue weighted by atomic mass is 35.5. The molecule has 2 heterocycles. The van der Waals surface area contributed by atoms with Crippen LogP contribution in [-0.4, -0.2) is 27.6 Å². The number of benzene rings is 2. The van der Waals surface area contributed by atoms with E-state index in [1.807, 2.05) is 55.5 Å². The van der Waals surface area contributed by atoms with Crippen LogP contribution in [0.5, 0.6) is 0 Å². The van der Waals surface area contributed by atoms with Crippen LogP contribution in [0.4, 0.5) is 5.82 Å². The lowest BCUT2D eigenvalue weighted by molar-refractivity contribution is -0.125. The largest absolute Gasteiger partial charge is 0.322 e. The Labute approximate surface area is 185 Å². The molecule has 2 atom stereocenters. The van der Waals surface area contributed by atoms with Gasteiger partial charge >= 0.3 is 0 Å². The highest BCUT2D eigenvalue weighted by molar-refractivity contribution is 6.32. The summed E-state index contributed by atoms with van der Waals surface area (Å²) in [7, 11) is 0. The van der Waals surface area contributed by atoms with Crippen molar-refractivity contribution in [3.05, 3.63) is 77.3 Å². The standard InChI is InChI=1S/C23H22ClN5O2/c1-15-13-22(31)27-23(25-15)29-20(14-19(28-29)17-8-3-2-4-9-17)26-21(30)12-11-16-7-5-6-10-18(16)24/h2-12,14-15,23,25H,13H2,1H3,(H,26,30)(H,27,31)/b12-11+. The second kappa shape index (κ2) is 9.16. The van der Waals surface area contributed by atoms with E-state index in [9.17, 15) is 9.59 Å². The molecule has 1 saturated heterocycles. The van der Waals surface area contributed by atoms with Gasteiger partial charge in [-0.15, -0.1) is 0 Å². The first-order valence-corrected chi connectivity index (χ1v) is 10.3. The number of hydrogen-bond acceptors (Lipinski definition) is 4. The van der Waals surface area contributed by atoms with Crippen molar-refractivity contribution < 1.29 is 9.59 Å². The van der Waals surface area contributed by atoms with E-state index in [2.05, 4.69) is 21.0 Å². The van der Waals surface area contributed by atoms with Crippen LogP contribution in [0.2, 0.25) is 5.02 Å². The summed E-state index contributed by atoms with van der Waals surface area (Å²) in [5, 5.41) is 14.2. The number of aromatic nitrogens is 2. The molecule has 3 aromatic rings. The molecule has 7 nitrogen and oxygen atoms in total. The van der Waals surface area contributed by atoms with Crippen molar-refractivity contribution in [2.75, 3.05) is 5.32 Å². The van der Waals surface area contributed by atoms with Crippen molar-refractivity contribution in [2.24, 2.45) is 0 Å². The van der Waals surface area contributed by atoms with Gasteiger partial charge in [0.15, 0.2) is 6.29 Å². The van der Waals surface area contributed by atoms with E-state index in [0.717, 1.165) is 11.1 Å². The molecule has 1 aliphatic heterocycles. The first-order chi connectivity index (χ1) is 15.0. The maximum atomic E-state index is 12.6. The number of carbonyl (C=O) groups is 2. The molecule has 1 aromatic heterocycles. The summed E-state index contributed by atoms with van der Waals surface area (Å²) in [4.78, 5) is 24.7. The van der Waals surface area contributed by atoms with E-state index in [1.165, 1.54) is 6.08 Å². The second-order valence-corrected chi connectivity index (χ2v) is 7.72. The number of nitrogens with one attached hydrogen (secondary N) is 3. The van der Waals surface area contributed by atoms with Crippen molar-refractivity contribution >= 4 is 35.3 Å². The Kier molecular flexibility index (Phi) is 6.16. The SMILES string of the molecule is CC1CC(=O)NC(n2nc(-c3ccccc3)cc2NC(=O)/C=C/c2ccccc2Cl)N1. The average molecular weight is 436 g/mol. The van der Waals surface area contributed by atoms with Gasteiger partial charge in [0.25, 0.3) is 0 Å². The van der Waals surface area contributed by atoms with E-state index >= 15 is 0 Å². The Balaban J connectivity index is 1.62. The van der Waals surface area contributed by atoms with Gasteiger partial charge in [0.1, 0.15) is 5.82 Å². The molecule has 1 fully saturated rings. The summed E-state index contributed by atoms with van der Waals surface area (Å²) >= 11 is 6.15. The van der Waals surface area contributed by atoms with Gasteiger partial charge < -0.3 is 10.6 Å². The number of carbonyl (C=O) groups excluding carboxylic acids is 2. The summed E-state index contributed by atoms with van der Waals surface area (Å²) in [6.45, 7) is 1.93. The first-order valence-electron chi connectivity index (χ1n) is 9.93. The lowest BCUT2D eigenvalue weighted by Crippen LogP contribution is -2.52. The number of anilines is 1. The van der Waals surface area contributed by atoms with E-state index in [0.29, 0.717) is 23.0 Å². The van der Waals surface area contributed by atoms with E-state index < -0.39 is 6.29 Å². The molecule has 2 unspecified atom stereocenters. The topological polar surface area (TPSA) is 88.1 Å². The molecular weight excluding hydrogens is 414 g/mol. The van der Waals surface area contributed by atoms with Crippen LogP contribution < -0.4 is 16.0 Å². The van der Waals surface area contributed by atoms with Gasteiger partial charge in [-0.3, -0.25) is 14.9 Å². The molecule has 4 rings (SSSR count). The smallest absolute Gasteiger partial charge is 0.249 e. The van der Waals surface area contributed by atoms with Crippen LogP contribution in [0.15, 0.2) is 66.7 Å². The monoisotopic (exact) mass is 435 g/mol. The van der Waals surface area contributed by atoms with Gasteiger partial charge in [-0.05, 0) is 24.6 Å². The molecule has 31 heavy (non-hydrogen) atoms. The van der Waals surface area contributed by atoms with Crippen LogP contribution >= 0.6 is 11.6 Å². The third-order valence-electron chi connectivity index (χ3n) is 4.85. The first kappa shape index (κ1) is 20.8. The summed E-state index contributed by atoms with van der Waals surface area (Å²) in [6, 6.07) is 18.7. The van der Waals surface area contributed by atoms with Gasteiger partial charge in [0.2, 0.25) is 11.8 Å². The number of hydrogen-bond donors (Lipinski definition) is 3. The summed E-state index contributed by atoms with van der Waals surface area (Å²) < 4.78 is 1.58. The normalized spacial score (nSPS) is 18.7. The molecule has 0 radical (unpaired) electrons. The number of nitrogens with zero attached hydrogens (tertiary/aromatic N) is 2. The molecule has 0 spiro atoms. The fraction of sp³-hybridized carbons (Fsp3) is 0.174. The number of rotatable bonds is 5. The number of halogens is 1. The Morgan fingerprint density at radius 2 is 1.94 bits per heavy atom. The summed E-state index contributed by atoms with van der Waals surface area (Å²) in [6.07, 6.45) is 2.87. The molecule has 2 aromatic carbocycles. The van der Waals surface area contributed by atoms with Crippen molar-refractivity contribution in [1.29, 1.82) is 0 Å². The molecule has 1 aliphatic rings. The number of amides is 2. The lowest BCUT2D eigenvalue weighted by Gasteiger charge is -2.30. The minimum Gasteiger partial charge on any atom is -0.322 e. The van der Waals surface area contributed by atoms with Gasteiger partial charge in [-0.25, -0.2) is 4.68 Å².